The predicted octanol–water partition coefficient (Wildman–Crippen LogP) is 5.25. The molecule has 4 aromatic rings. The summed E-state index contributed by atoms with van der Waals surface area (Å²) in [6.07, 6.45) is 1.80. The first-order valence-corrected chi connectivity index (χ1v) is 7.43. The molecule has 0 atom stereocenters. The van der Waals surface area contributed by atoms with Crippen molar-refractivity contribution in [2.45, 2.75) is 6.54 Å². The van der Waals surface area contributed by atoms with Crippen LogP contribution in [0.5, 0.6) is 0 Å². The maximum atomic E-state index is 6.09. The molecule has 0 aliphatic carbocycles. The second-order valence-electron chi connectivity index (χ2n) is 5.13. The Morgan fingerprint density at radius 1 is 0.955 bits per heavy atom. The molecule has 2 aromatic carbocycles. The number of hydrogen-bond donors (Lipinski definition) is 1. The molecule has 0 aliphatic rings. The molecule has 0 fully saturated rings. The Bertz CT molecular complexity index is 947. The van der Waals surface area contributed by atoms with Crippen molar-refractivity contribution in [1.29, 1.82) is 0 Å². The van der Waals surface area contributed by atoms with Gasteiger partial charge in [-0.25, -0.2) is 0 Å². The smallest absolute Gasteiger partial charge is 0.135 e. The summed E-state index contributed by atoms with van der Waals surface area (Å²) in [6.45, 7) is 0.683. The van der Waals surface area contributed by atoms with Crippen LogP contribution in [0.4, 0.5) is 5.69 Å². The van der Waals surface area contributed by atoms with E-state index in [2.05, 4.69) is 16.4 Å². The second kappa shape index (κ2) is 5.35. The molecular weight excluding hydrogens is 296 g/mol. The normalized spacial score (nSPS) is 11.1. The van der Waals surface area contributed by atoms with Gasteiger partial charge in [-0.05, 0) is 48.5 Å². The molecule has 2 aromatic heterocycles. The lowest BCUT2D eigenvalue weighted by atomic mass is 10.1. The fourth-order valence-corrected chi connectivity index (χ4v) is 2.73. The zero-order valence-electron chi connectivity index (χ0n) is 11.7. The monoisotopic (exact) mass is 308 g/mol. The van der Waals surface area contributed by atoms with Crippen molar-refractivity contribution in [3.05, 3.63) is 71.5 Å². The molecule has 0 saturated heterocycles. The van der Waals surface area contributed by atoms with Gasteiger partial charge in [-0.3, -0.25) is 4.98 Å². The van der Waals surface area contributed by atoms with Crippen LogP contribution < -0.4 is 5.32 Å². The van der Waals surface area contributed by atoms with Crippen LogP contribution in [0.3, 0.4) is 0 Å². The standard InChI is InChI=1S/C18H13ClN2O/c19-12-4-6-17-15(9-12)16-10-13(5-7-18(16)22-17)21-11-14-3-1-2-8-20-14/h1-10,21H,11H2. The molecule has 0 spiro atoms. The number of anilines is 1. The third kappa shape index (κ3) is 2.40. The van der Waals surface area contributed by atoms with Gasteiger partial charge in [-0.1, -0.05) is 17.7 Å². The number of pyridine rings is 1. The van der Waals surface area contributed by atoms with E-state index in [-0.39, 0.29) is 0 Å². The lowest BCUT2D eigenvalue weighted by Crippen LogP contribution is -2.00. The maximum absolute atomic E-state index is 6.09. The molecule has 0 bridgehead atoms. The first-order valence-electron chi connectivity index (χ1n) is 7.05. The van der Waals surface area contributed by atoms with Gasteiger partial charge in [0.05, 0.1) is 12.2 Å². The SMILES string of the molecule is Clc1ccc2oc3ccc(NCc4ccccn4)cc3c2c1. The minimum atomic E-state index is 0.683. The molecule has 0 unspecified atom stereocenters. The van der Waals surface area contributed by atoms with Gasteiger partial charge in [0, 0.05) is 27.7 Å². The number of fused-ring (bicyclic) bond motifs is 3. The van der Waals surface area contributed by atoms with Gasteiger partial charge in [0.1, 0.15) is 11.2 Å². The molecule has 4 heteroatoms. The van der Waals surface area contributed by atoms with Crippen LogP contribution in [0.2, 0.25) is 5.02 Å². The summed E-state index contributed by atoms with van der Waals surface area (Å²) >= 11 is 6.09. The van der Waals surface area contributed by atoms with Crippen molar-refractivity contribution in [2.75, 3.05) is 5.32 Å². The topological polar surface area (TPSA) is 38.1 Å². The van der Waals surface area contributed by atoms with Gasteiger partial charge in [0.15, 0.2) is 0 Å². The molecule has 0 aliphatic heterocycles. The Hall–Kier alpha value is -2.52. The van der Waals surface area contributed by atoms with Crippen LogP contribution >= 0.6 is 11.6 Å². The van der Waals surface area contributed by atoms with Crippen molar-refractivity contribution in [3.8, 4) is 0 Å². The van der Waals surface area contributed by atoms with E-state index >= 15 is 0 Å². The summed E-state index contributed by atoms with van der Waals surface area (Å²) in [6, 6.07) is 17.6. The summed E-state index contributed by atoms with van der Waals surface area (Å²) in [4.78, 5) is 4.31. The second-order valence-corrected chi connectivity index (χ2v) is 5.56. The number of nitrogens with one attached hydrogen (secondary N) is 1. The van der Waals surface area contributed by atoms with Gasteiger partial charge < -0.3 is 9.73 Å². The van der Waals surface area contributed by atoms with Gasteiger partial charge in [-0.2, -0.15) is 0 Å². The minimum absolute atomic E-state index is 0.683. The van der Waals surface area contributed by atoms with Crippen molar-refractivity contribution < 1.29 is 4.42 Å². The summed E-state index contributed by atoms with van der Waals surface area (Å²) in [5.74, 6) is 0. The molecule has 3 nitrogen and oxygen atoms in total. The first-order chi connectivity index (χ1) is 10.8. The number of aromatic nitrogens is 1. The number of halogens is 1. The Morgan fingerprint density at radius 2 is 1.77 bits per heavy atom. The van der Waals surface area contributed by atoms with Crippen molar-refractivity contribution in [3.63, 3.8) is 0 Å². The fourth-order valence-electron chi connectivity index (χ4n) is 2.55. The van der Waals surface area contributed by atoms with Crippen molar-refractivity contribution >= 4 is 39.2 Å². The summed E-state index contributed by atoms with van der Waals surface area (Å²) in [7, 11) is 0. The zero-order chi connectivity index (χ0) is 14.9. The highest BCUT2D eigenvalue weighted by Crippen LogP contribution is 2.32. The quantitative estimate of drug-likeness (QED) is 0.562. The molecule has 0 amide bonds. The predicted molar refractivity (Wildman–Crippen MR) is 90.3 cm³/mol. The summed E-state index contributed by atoms with van der Waals surface area (Å²) in [5, 5.41) is 6.19. The third-order valence-electron chi connectivity index (χ3n) is 3.63. The minimum Gasteiger partial charge on any atom is -0.456 e. The van der Waals surface area contributed by atoms with Crippen LogP contribution in [-0.2, 0) is 6.54 Å². The van der Waals surface area contributed by atoms with E-state index in [0.717, 1.165) is 33.3 Å². The molecular formula is C18H13ClN2O. The van der Waals surface area contributed by atoms with E-state index in [4.69, 9.17) is 16.0 Å². The van der Waals surface area contributed by atoms with Gasteiger partial charge in [-0.15, -0.1) is 0 Å². The molecule has 4 rings (SSSR count). The first kappa shape index (κ1) is 13.2. The van der Waals surface area contributed by atoms with Gasteiger partial charge in [0.25, 0.3) is 0 Å². The Kier molecular flexibility index (Phi) is 3.20. The summed E-state index contributed by atoms with van der Waals surface area (Å²) < 4.78 is 5.83. The van der Waals surface area contributed by atoms with E-state index in [1.54, 1.807) is 6.20 Å². The van der Waals surface area contributed by atoms with Gasteiger partial charge in [0.2, 0.25) is 0 Å². The highest BCUT2D eigenvalue weighted by atomic mass is 35.5. The van der Waals surface area contributed by atoms with E-state index in [0.29, 0.717) is 11.6 Å². The average Bonchev–Trinajstić information content (AvgIpc) is 2.91. The number of hydrogen-bond acceptors (Lipinski definition) is 3. The largest absolute Gasteiger partial charge is 0.456 e. The Labute approximate surface area is 132 Å². The maximum Gasteiger partial charge on any atom is 0.135 e. The van der Waals surface area contributed by atoms with Gasteiger partial charge >= 0.3 is 0 Å². The number of furan rings is 1. The molecule has 22 heavy (non-hydrogen) atoms. The Balaban J connectivity index is 1.70. The average molecular weight is 309 g/mol. The molecule has 0 saturated carbocycles. The molecule has 108 valence electrons. The molecule has 0 radical (unpaired) electrons. The number of rotatable bonds is 3. The van der Waals surface area contributed by atoms with E-state index in [1.807, 2.05) is 48.5 Å². The highest BCUT2D eigenvalue weighted by molar-refractivity contribution is 6.31. The third-order valence-corrected chi connectivity index (χ3v) is 3.87. The molecule has 2 heterocycles. The van der Waals surface area contributed by atoms with E-state index in [1.165, 1.54) is 0 Å². The van der Waals surface area contributed by atoms with Crippen molar-refractivity contribution in [1.82, 2.24) is 4.98 Å². The van der Waals surface area contributed by atoms with Crippen LogP contribution in [0.15, 0.2) is 65.2 Å². The lowest BCUT2D eigenvalue weighted by molar-refractivity contribution is 0.669. The Morgan fingerprint density at radius 3 is 2.59 bits per heavy atom. The summed E-state index contributed by atoms with van der Waals surface area (Å²) in [5.41, 5.74) is 3.74. The van der Waals surface area contributed by atoms with Crippen LogP contribution in [-0.4, -0.2) is 4.98 Å². The fraction of sp³-hybridized carbons (Fsp3) is 0.0556. The lowest BCUT2D eigenvalue weighted by Gasteiger charge is -2.05. The highest BCUT2D eigenvalue weighted by Gasteiger charge is 2.08. The van der Waals surface area contributed by atoms with E-state index in [9.17, 15) is 0 Å². The molecule has 1 N–H and O–H groups in total. The van der Waals surface area contributed by atoms with Crippen LogP contribution in [0.1, 0.15) is 5.69 Å². The van der Waals surface area contributed by atoms with Crippen LogP contribution in [0, 0.1) is 0 Å². The number of nitrogens with zero attached hydrogens (tertiary/aromatic N) is 1. The number of benzene rings is 2. The van der Waals surface area contributed by atoms with E-state index < -0.39 is 0 Å². The zero-order valence-corrected chi connectivity index (χ0v) is 12.5. The van der Waals surface area contributed by atoms with Crippen LogP contribution in [0.25, 0.3) is 21.9 Å². The van der Waals surface area contributed by atoms with Crippen molar-refractivity contribution in [2.24, 2.45) is 0 Å².